The van der Waals surface area contributed by atoms with E-state index < -0.39 is 0 Å². The lowest BCUT2D eigenvalue weighted by Gasteiger charge is -2.08. The van der Waals surface area contributed by atoms with Gasteiger partial charge in [-0.1, -0.05) is 63.9 Å². The standard InChI is InChI=1S/C24H30N8/c1-4-6-7-15-32-21(26-23(29-32)17(3)5-2)16-18-10-12-19(13-11-18)20-9-8-14-25-22(20)24-27-30-31-28-24/h8-14,17H,4-7,15-16H2,1-3H3,(H,27,28,30,31). The van der Waals surface area contributed by atoms with Crippen molar-refractivity contribution < 1.29 is 0 Å². The molecule has 0 aliphatic carbocycles. The van der Waals surface area contributed by atoms with Crippen LogP contribution < -0.4 is 0 Å². The van der Waals surface area contributed by atoms with Crippen LogP contribution in [0.3, 0.4) is 0 Å². The van der Waals surface area contributed by atoms with E-state index in [1.54, 1.807) is 6.20 Å². The van der Waals surface area contributed by atoms with Crippen LogP contribution in [-0.4, -0.2) is 40.4 Å². The quantitative estimate of drug-likeness (QED) is 0.362. The first-order chi connectivity index (χ1) is 15.7. The molecule has 8 nitrogen and oxygen atoms in total. The minimum Gasteiger partial charge on any atom is -0.252 e. The van der Waals surface area contributed by atoms with Crippen LogP contribution in [0.1, 0.15) is 69.6 Å². The number of benzene rings is 1. The van der Waals surface area contributed by atoms with E-state index in [2.05, 4.69) is 75.3 Å². The molecule has 1 aromatic carbocycles. The summed E-state index contributed by atoms with van der Waals surface area (Å²) >= 11 is 0. The van der Waals surface area contributed by atoms with Gasteiger partial charge in [-0.3, -0.25) is 4.98 Å². The lowest BCUT2D eigenvalue weighted by atomic mass is 10.0. The van der Waals surface area contributed by atoms with Gasteiger partial charge in [0.05, 0.1) is 0 Å². The van der Waals surface area contributed by atoms with E-state index in [9.17, 15) is 0 Å². The zero-order valence-electron chi connectivity index (χ0n) is 19.0. The average molecular weight is 431 g/mol. The third-order valence-electron chi connectivity index (χ3n) is 5.78. The summed E-state index contributed by atoms with van der Waals surface area (Å²) in [7, 11) is 0. The van der Waals surface area contributed by atoms with E-state index in [0.29, 0.717) is 17.4 Å². The van der Waals surface area contributed by atoms with Gasteiger partial charge in [0.15, 0.2) is 5.82 Å². The first-order valence-electron chi connectivity index (χ1n) is 11.4. The van der Waals surface area contributed by atoms with E-state index >= 15 is 0 Å². The summed E-state index contributed by atoms with van der Waals surface area (Å²) < 4.78 is 2.11. The fourth-order valence-electron chi connectivity index (χ4n) is 3.67. The van der Waals surface area contributed by atoms with Gasteiger partial charge in [-0.15, -0.1) is 10.2 Å². The normalized spacial score (nSPS) is 12.2. The maximum absolute atomic E-state index is 4.90. The Labute approximate surface area is 188 Å². The Balaban J connectivity index is 1.57. The topological polar surface area (TPSA) is 98.1 Å². The van der Waals surface area contributed by atoms with E-state index in [1.165, 1.54) is 18.4 Å². The molecule has 3 aromatic heterocycles. The van der Waals surface area contributed by atoms with Crippen LogP contribution in [-0.2, 0) is 13.0 Å². The van der Waals surface area contributed by atoms with Gasteiger partial charge in [-0.05, 0) is 35.2 Å². The third kappa shape index (κ3) is 4.90. The monoisotopic (exact) mass is 430 g/mol. The summed E-state index contributed by atoms with van der Waals surface area (Å²) in [4.78, 5) is 9.35. The van der Waals surface area contributed by atoms with Gasteiger partial charge in [-0.2, -0.15) is 10.3 Å². The van der Waals surface area contributed by atoms with Crippen molar-refractivity contribution in [1.29, 1.82) is 0 Å². The summed E-state index contributed by atoms with van der Waals surface area (Å²) in [5.74, 6) is 2.86. The second-order valence-electron chi connectivity index (χ2n) is 8.13. The van der Waals surface area contributed by atoms with Crippen molar-refractivity contribution in [2.75, 3.05) is 0 Å². The molecule has 3 heterocycles. The molecule has 4 rings (SSSR count). The number of unbranched alkanes of at least 4 members (excludes halogenated alkanes) is 2. The fraction of sp³-hybridized carbons (Fsp3) is 0.417. The number of rotatable bonds is 10. The zero-order valence-corrected chi connectivity index (χ0v) is 19.0. The highest BCUT2D eigenvalue weighted by molar-refractivity contribution is 5.77. The molecule has 4 aromatic rings. The molecular formula is C24H30N8. The lowest BCUT2D eigenvalue weighted by molar-refractivity contribution is 0.526. The van der Waals surface area contributed by atoms with Crippen LogP contribution in [0.2, 0.25) is 0 Å². The highest BCUT2D eigenvalue weighted by Gasteiger charge is 2.16. The van der Waals surface area contributed by atoms with Crippen molar-refractivity contribution in [2.24, 2.45) is 0 Å². The minimum absolute atomic E-state index is 0.373. The highest BCUT2D eigenvalue weighted by atomic mass is 15.5. The molecule has 8 heteroatoms. The molecule has 1 atom stereocenters. The second-order valence-corrected chi connectivity index (χ2v) is 8.13. The molecule has 1 unspecified atom stereocenters. The van der Waals surface area contributed by atoms with E-state index in [4.69, 9.17) is 10.1 Å². The number of nitrogens with zero attached hydrogens (tertiary/aromatic N) is 7. The van der Waals surface area contributed by atoms with Gasteiger partial charge in [0.1, 0.15) is 11.5 Å². The zero-order chi connectivity index (χ0) is 22.3. The molecule has 32 heavy (non-hydrogen) atoms. The number of aromatic nitrogens is 8. The molecule has 0 aliphatic heterocycles. The minimum atomic E-state index is 0.373. The van der Waals surface area contributed by atoms with Crippen molar-refractivity contribution in [1.82, 2.24) is 40.4 Å². The summed E-state index contributed by atoms with van der Waals surface area (Å²) in [5.41, 5.74) is 3.95. The fourth-order valence-corrected chi connectivity index (χ4v) is 3.67. The third-order valence-corrected chi connectivity index (χ3v) is 5.78. The molecule has 0 bridgehead atoms. The number of aryl methyl sites for hydroxylation is 1. The van der Waals surface area contributed by atoms with Gasteiger partial charge < -0.3 is 0 Å². The summed E-state index contributed by atoms with van der Waals surface area (Å²) in [6.07, 6.45) is 7.08. The lowest BCUT2D eigenvalue weighted by Crippen LogP contribution is -2.07. The predicted octanol–water partition coefficient (Wildman–Crippen LogP) is 4.81. The number of pyridine rings is 1. The van der Waals surface area contributed by atoms with Gasteiger partial charge in [0.2, 0.25) is 5.82 Å². The summed E-state index contributed by atoms with van der Waals surface area (Å²) in [6.45, 7) is 7.52. The van der Waals surface area contributed by atoms with Gasteiger partial charge >= 0.3 is 0 Å². The maximum atomic E-state index is 4.90. The van der Waals surface area contributed by atoms with E-state index in [0.717, 1.165) is 48.6 Å². The Kier molecular flexibility index (Phi) is 6.99. The Bertz CT molecular complexity index is 1120. The smallest absolute Gasteiger partial charge is 0.223 e. The Morgan fingerprint density at radius 3 is 2.62 bits per heavy atom. The second kappa shape index (κ2) is 10.3. The maximum Gasteiger partial charge on any atom is 0.223 e. The number of hydrogen-bond donors (Lipinski definition) is 1. The van der Waals surface area contributed by atoms with Crippen molar-refractivity contribution in [3.63, 3.8) is 0 Å². The number of nitrogens with one attached hydrogen (secondary N) is 1. The molecular weight excluding hydrogens is 400 g/mol. The van der Waals surface area contributed by atoms with Gasteiger partial charge in [0, 0.05) is 30.6 Å². The molecule has 1 N–H and O–H groups in total. The van der Waals surface area contributed by atoms with Crippen LogP contribution in [0.25, 0.3) is 22.6 Å². The first-order valence-corrected chi connectivity index (χ1v) is 11.4. The molecule has 0 fully saturated rings. The summed E-state index contributed by atoms with van der Waals surface area (Å²) in [6, 6.07) is 12.5. The number of hydrogen-bond acceptors (Lipinski definition) is 6. The van der Waals surface area contributed by atoms with Crippen molar-refractivity contribution in [3.8, 4) is 22.6 Å². The van der Waals surface area contributed by atoms with E-state index in [-0.39, 0.29) is 0 Å². The van der Waals surface area contributed by atoms with Gasteiger partial charge in [-0.25, -0.2) is 9.67 Å². The van der Waals surface area contributed by atoms with E-state index in [1.807, 2.05) is 12.1 Å². The number of H-pyrrole nitrogens is 1. The molecule has 0 saturated heterocycles. The number of aromatic amines is 1. The SMILES string of the molecule is CCCCCn1nc(C(C)CC)nc1Cc1ccc(-c2cccnc2-c2nn[nH]n2)cc1. The highest BCUT2D eigenvalue weighted by Crippen LogP contribution is 2.28. The molecule has 0 aliphatic rings. The Morgan fingerprint density at radius 1 is 1.06 bits per heavy atom. The number of tetrazole rings is 1. The molecule has 0 spiro atoms. The van der Waals surface area contributed by atoms with Crippen LogP contribution in [0, 0.1) is 0 Å². The predicted molar refractivity (Wildman–Crippen MR) is 124 cm³/mol. The van der Waals surface area contributed by atoms with Crippen LogP contribution >= 0.6 is 0 Å². The molecule has 0 radical (unpaired) electrons. The van der Waals surface area contributed by atoms with Crippen molar-refractivity contribution >= 4 is 0 Å². The molecule has 166 valence electrons. The Hall–Kier alpha value is -3.42. The average Bonchev–Trinajstić information content (AvgIpc) is 3.50. The van der Waals surface area contributed by atoms with Gasteiger partial charge in [0.25, 0.3) is 0 Å². The van der Waals surface area contributed by atoms with Crippen LogP contribution in [0.15, 0.2) is 42.6 Å². The largest absolute Gasteiger partial charge is 0.252 e. The molecule has 0 amide bonds. The summed E-state index contributed by atoms with van der Waals surface area (Å²) in [5, 5.41) is 19.1. The Morgan fingerprint density at radius 2 is 1.91 bits per heavy atom. The van der Waals surface area contributed by atoms with Crippen LogP contribution in [0.4, 0.5) is 0 Å². The molecule has 0 saturated carbocycles. The van der Waals surface area contributed by atoms with Crippen LogP contribution in [0.5, 0.6) is 0 Å². The van der Waals surface area contributed by atoms with Crippen molar-refractivity contribution in [3.05, 3.63) is 59.8 Å². The van der Waals surface area contributed by atoms with Crippen molar-refractivity contribution in [2.45, 2.75) is 65.3 Å². The first kappa shape index (κ1) is 21.8.